The molecule has 0 fully saturated rings. The lowest BCUT2D eigenvalue weighted by molar-refractivity contribution is 0.929. The Morgan fingerprint density at radius 1 is 1.33 bits per heavy atom. The Kier molecular flexibility index (Phi) is 0.895. The van der Waals surface area contributed by atoms with Crippen LogP contribution in [0.4, 0.5) is 0 Å². The Balaban J connectivity index is 2.22. The van der Waals surface area contributed by atoms with E-state index in [2.05, 4.69) is 25.1 Å². The second-order valence-corrected chi connectivity index (χ2v) is 2.62. The molecule has 0 amide bonds. The first-order valence-electron chi connectivity index (χ1n) is 3.55. The predicted molar refractivity (Wildman–Crippen MR) is 39.4 cm³/mol. The normalized spacial score (nSPS) is 11.7. The van der Waals surface area contributed by atoms with Gasteiger partial charge in [0.25, 0.3) is 0 Å². The van der Waals surface area contributed by atoms with Gasteiger partial charge in [0.1, 0.15) is 0 Å². The molecular weight excluding hydrogens is 108 g/mol. The number of aryl methyl sites for hydroxylation is 1. The standard InChI is InChI=1S/C9H10/c1-2-3-7-4-5-8-6-9(7)8/h4-6H,2-3H2,1H3. The summed E-state index contributed by atoms with van der Waals surface area (Å²) in [6.45, 7) is 2.22. The first-order valence-corrected chi connectivity index (χ1v) is 3.55. The van der Waals surface area contributed by atoms with Crippen molar-refractivity contribution < 1.29 is 0 Å². The third-order valence-electron chi connectivity index (χ3n) is 1.86. The predicted octanol–water partition coefficient (Wildman–Crippen LogP) is 2.62. The quantitative estimate of drug-likeness (QED) is 0.568. The van der Waals surface area contributed by atoms with E-state index in [0.717, 1.165) is 0 Å². The fourth-order valence-corrected chi connectivity index (χ4v) is 1.30. The number of fused-ring (bicyclic) bond motifs is 1. The van der Waals surface area contributed by atoms with Crippen molar-refractivity contribution in [1.29, 1.82) is 0 Å². The minimum Gasteiger partial charge on any atom is -0.0651 e. The van der Waals surface area contributed by atoms with Gasteiger partial charge in [0.2, 0.25) is 0 Å². The van der Waals surface area contributed by atoms with E-state index in [9.17, 15) is 0 Å². The van der Waals surface area contributed by atoms with E-state index in [0.29, 0.717) is 0 Å². The Bertz CT molecular complexity index is 236. The molecule has 0 nitrogen and oxygen atoms in total. The fraction of sp³-hybridized carbons (Fsp3) is 0.333. The van der Waals surface area contributed by atoms with Crippen LogP contribution in [-0.2, 0) is 6.42 Å². The van der Waals surface area contributed by atoms with E-state index in [1.54, 1.807) is 5.56 Å². The molecule has 2 aliphatic rings. The molecule has 0 bridgehead atoms. The molecule has 0 spiro atoms. The number of rotatable bonds is 2. The Morgan fingerprint density at radius 3 is 2.67 bits per heavy atom. The minimum absolute atomic E-state index is 1.26. The van der Waals surface area contributed by atoms with Crippen molar-refractivity contribution in [2.24, 2.45) is 0 Å². The van der Waals surface area contributed by atoms with Crippen molar-refractivity contribution in [1.82, 2.24) is 0 Å². The zero-order valence-corrected chi connectivity index (χ0v) is 5.65. The highest BCUT2D eigenvalue weighted by Gasteiger charge is 2.15. The van der Waals surface area contributed by atoms with Crippen LogP contribution in [0.1, 0.15) is 18.9 Å². The summed E-state index contributed by atoms with van der Waals surface area (Å²) in [4.78, 5) is 0. The van der Waals surface area contributed by atoms with Crippen LogP contribution in [-0.4, -0.2) is 0 Å². The second kappa shape index (κ2) is 1.60. The van der Waals surface area contributed by atoms with E-state index in [4.69, 9.17) is 0 Å². The Hall–Kier alpha value is -0.780. The van der Waals surface area contributed by atoms with Gasteiger partial charge >= 0.3 is 0 Å². The zero-order chi connectivity index (χ0) is 6.27. The average molecular weight is 118 g/mol. The van der Waals surface area contributed by atoms with Gasteiger partial charge in [-0.05, 0) is 29.2 Å². The second-order valence-electron chi connectivity index (χ2n) is 2.62. The maximum atomic E-state index is 2.25. The number of benzene rings is 1. The van der Waals surface area contributed by atoms with Gasteiger partial charge in [0.15, 0.2) is 0 Å². The van der Waals surface area contributed by atoms with Gasteiger partial charge in [-0.3, -0.25) is 0 Å². The molecule has 2 aliphatic carbocycles. The number of hydrogen-bond donors (Lipinski definition) is 0. The van der Waals surface area contributed by atoms with Gasteiger partial charge in [-0.25, -0.2) is 0 Å². The molecule has 0 saturated heterocycles. The van der Waals surface area contributed by atoms with Crippen LogP contribution in [0.2, 0.25) is 0 Å². The monoisotopic (exact) mass is 118 g/mol. The summed E-state index contributed by atoms with van der Waals surface area (Å²) in [6, 6.07) is 6.71. The molecule has 0 heteroatoms. The number of hydrogen-bond acceptors (Lipinski definition) is 0. The van der Waals surface area contributed by atoms with Crippen molar-refractivity contribution in [3.8, 4) is 11.1 Å². The van der Waals surface area contributed by atoms with Crippen LogP contribution in [0, 0.1) is 0 Å². The van der Waals surface area contributed by atoms with E-state index in [-0.39, 0.29) is 0 Å². The minimum atomic E-state index is 1.26. The summed E-state index contributed by atoms with van der Waals surface area (Å²) in [5, 5.41) is 0. The van der Waals surface area contributed by atoms with Gasteiger partial charge < -0.3 is 0 Å². The largest absolute Gasteiger partial charge is 0.0651 e. The first kappa shape index (κ1) is 5.04. The topological polar surface area (TPSA) is 0 Å². The van der Waals surface area contributed by atoms with Crippen molar-refractivity contribution in [2.45, 2.75) is 19.8 Å². The van der Waals surface area contributed by atoms with Gasteiger partial charge in [-0.15, -0.1) is 0 Å². The molecule has 0 aromatic carbocycles. The van der Waals surface area contributed by atoms with Crippen molar-refractivity contribution >= 4 is 0 Å². The molecule has 9 heavy (non-hydrogen) atoms. The molecule has 46 valence electrons. The van der Waals surface area contributed by atoms with E-state index >= 15 is 0 Å². The van der Waals surface area contributed by atoms with E-state index < -0.39 is 0 Å². The summed E-state index contributed by atoms with van der Waals surface area (Å²) >= 11 is 0. The summed E-state index contributed by atoms with van der Waals surface area (Å²) in [5.74, 6) is 0. The molecule has 0 radical (unpaired) electrons. The molecule has 0 saturated carbocycles. The van der Waals surface area contributed by atoms with Crippen molar-refractivity contribution in [2.75, 3.05) is 0 Å². The summed E-state index contributed by atoms with van der Waals surface area (Å²) in [7, 11) is 0. The van der Waals surface area contributed by atoms with Gasteiger partial charge in [-0.1, -0.05) is 25.5 Å². The lowest BCUT2D eigenvalue weighted by atomic mass is 10.2. The Morgan fingerprint density at radius 2 is 2.22 bits per heavy atom. The molecule has 2 rings (SSSR count). The zero-order valence-electron chi connectivity index (χ0n) is 5.65. The van der Waals surface area contributed by atoms with Crippen molar-refractivity contribution in [3.05, 3.63) is 23.8 Å². The van der Waals surface area contributed by atoms with E-state index in [1.165, 1.54) is 24.0 Å². The van der Waals surface area contributed by atoms with Crippen LogP contribution in [0.15, 0.2) is 18.2 Å². The molecule has 0 atom stereocenters. The average Bonchev–Trinajstić information content (AvgIpc) is 2.54. The van der Waals surface area contributed by atoms with Gasteiger partial charge in [-0.2, -0.15) is 0 Å². The van der Waals surface area contributed by atoms with Gasteiger partial charge in [0.05, 0.1) is 0 Å². The SMILES string of the molecule is CCCc1ccc2cc1-2. The van der Waals surface area contributed by atoms with Crippen molar-refractivity contribution in [3.63, 3.8) is 0 Å². The van der Waals surface area contributed by atoms with Crippen LogP contribution in [0.3, 0.4) is 0 Å². The molecule has 0 aliphatic heterocycles. The summed E-state index contributed by atoms with van der Waals surface area (Å²) in [6.07, 6.45) is 2.52. The molecular formula is C9H10. The maximum absolute atomic E-state index is 2.25. The molecule has 0 N–H and O–H groups in total. The summed E-state index contributed by atoms with van der Waals surface area (Å²) < 4.78 is 0. The molecule has 0 unspecified atom stereocenters. The third kappa shape index (κ3) is 0.663. The smallest absolute Gasteiger partial charge is 0.0146 e. The van der Waals surface area contributed by atoms with Crippen LogP contribution in [0.25, 0.3) is 11.1 Å². The maximum Gasteiger partial charge on any atom is -0.0146 e. The van der Waals surface area contributed by atoms with Crippen LogP contribution >= 0.6 is 0 Å². The highest BCUT2D eigenvalue weighted by Crippen LogP contribution is 2.38. The molecule has 0 heterocycles. The highest BCUT2D eigenvalue weighted by atomic mass is 14.2. The lowest BCUT2D eigenvalue weighted by Gasteiger charge is -1.89. The highest BCUT2D eigenvalue weighted by molar-refractivity contribution is 5.84. The Labute approximate surface area is 55.5 Å². The fourth-order valence-electron chi connectivity index (χ4n) is 1.30. The summed E-state index contributed by atoms with van der Waals surface area (Å²) in [5.41, 5.74) is 4.54. The van der Waals surface area contributed by atoms with Gasteiger partial charge in [0, 0.05) is 0 Å². The lowest BCUT2D eigenvalue weighted by Crippen LogP contribution is -1.75. The van der Waals surface area contributed by atoms with Crippen LogP contribution < -0.4 is 0 Å². The van der Waals surface area contributed by atoms with E-state index in [1.807, 2.05) is 0 Å². The molecule has 0 aromatic rings. The first-order chi connectivity index (χ1) is 4.42. The third-order valence-corrected chi connectivity index (χ3v) is 1.86. The van der Waals surface area contributed by atoms with Crippen LogP contribution in [0.5, 0.6) is 0 Å². The molecule has 0 aromatic heterocycles.